The number of phenolic OH excluding ortho intramolecular Hbond substituents is 1. The van der Waals surface area contributed by atoms with Gasteiger partial charge in [-0.25, -0.2) is 0 Å². The van der Waals surface area contributed by atoms with Crippen LogP contribution >= 0.6 is 0 Å². The molecule has 0 radical (unpaired) electrons. The molecular weight excluding hydrogens is 288 g/mol. The molecule has 1 N–H and O–H groups in total. The Hall–Kier alpha value is -2.94. The fraction of sp³-hybridized carbons (Fsp3) is 0.100. The highest BCUT2D eigenvalue weighted by molar-refractivity contribution is 5.87. The topological polar surface area (TPSA) is 38.7 Å². The molecule has 23 heavy (non-hydrogen) atoms. The van der Waals surface area contributed by atoms with E-state index in [4.69, 9.17) is 9.47 Å². The first-order valence-corrected chi connectivity index (χ1v) is 7.35. The lowest BCUT2D eigenvalue weighted by molar-refractivity contribution is 0.369. The van der Waals surface area contributed by atoms with Crippen LogP contribution in [0.2, 0.25) is 0 Å². The minimum Gasteiger partial charge on any atom is -0.504 e. The predicted molar refractivity (Wildman–Crippen MR) is 92.1 cm³/mol. The number of phenols is 1. The van der Waals surface area contributed by atoms with Gasteiger partial charge in [-0.1, -0.05) is 60.7 Å². The van der Waals surface area contributed by atoms with Gasteiger partial charge in [0.25, 0.3) is 0 Å². The molecule has 0 unspecified atom stereocenters. The van der Waals surface area contributed by atoms with Crippen LogP contribution < -0.4 is 9.47 Å². The molecular formula is C20H18O3. The third-order valence-corrected chi connectivity index (χ3v) is 3.79. The van der Waals surface area contributed by atoms with E-state index in [2.05, 4.69) is 0 Å². The lowest BCUT2D eigenvalue weighted by Crippen LogP contribution is -1.95. The predicted octanol–water partition coefficient (Wildman–Crippen LogP) is 4.74. The maximum Gasteiger partial charge on any atom is 0.170 e. The summed E-state index contributed by atoms with van der Waals surface area (Å²) < 4.78 is 11.0. The number of rotatable bonds is 4. The summed E-state index contributed by atoms with van der Waals surface area (Å²) >= 11 is 0. The molecule has 0 bridgehead atoms. The molecule has 0 aliphatic rings. The van der Waals surface area contributed by atoms with E-state index < -0.39 is 0 Å². The Labute approximate surface area is 135 Å². The molecule has 3 heteroatoms. The van der Waals surface area contributed by atoms with Gasteiger partial charge in [0.15, 0.2) is 11.5 Å². The van der Waals surface area contributed by atoms with Crippen molar-refractivity contribution in [3.05, 3.63) is 66.7 Å². The zero-order valence-corrected chi connectivity index (χ0v) is 13.1. The fourth-order valence-corrected chi connectivity index (χ4v) is 2.71. The van der Waals surface area contributed by atoms with Crippen molar-refractivity contribution in [2.45, 2.75) is 0 Å². The molecule has 0 saturated heterocycles. The Kier molecular flexibility index (Phi) is 4.20. The second-order valence-corrected chi connectivity index (χ2v) is 5.12. The highest BCUT2D eigenvalue weighted by Crippen LogP contribution is 2.49. The molecule has 0 aliphatic heterocycles. The van der Waals surface area contributed by atoms with E-state index in [1.807, 2.05) is 66.7 Å². The Morgan fingerprint density at radius 1 is 0.739 bits per heavy atom. The Balaban J connectivity index is 2.28. The summed E-state index contributed by atoms with van der Waals surface area (Å²) in [6.45, 7) is 0. The quantitative estimate of drug-likeness (QED) is 0.756. The van der Waals surface area contributed by atoms with Gasteiger partial charge >= 0.3 is 0 Å². The van der Waals surface area contributed by atoms with Crippen molar-refractivity contribution >= 4 is 0 Å². The van der Waals surface area contributed by atoms with Gasteiger partial charge in [0, 0.05) is 5.56 Å². The normalized spacial score (nSPS) is 10.3. The van der Waals surface area contributed by atoms with Gasteiger partial charge in [0.2, 0.25) is 0 Å². The Morgan fingerprint density at radius 3 is 1.83 bits per heavy atom. The lowest BCUT2D eigenvalue weighted by atomic mass is 9.96. The van der Waals surface area contributed by atoms with Crippen molar-refractivity contribution in [2.75, 3.05) is 14.2 Å². The van der Waals surface area contributed by atoms with Crippen molar-refractivity contribution in [1.29, 1.82) is 0 Å². The average molecular weight is 306 g/mol. The molecule has 116 valence electrons. The summed E-state index contributed by atoms with van der Waals surface area (Å²) in [6.07, 6.45) is 0. The van der Waals surface area contributed by atoms with E-state index >= 15 is 0 Å². The van der Waals surface area contributed by atoms with Crippen LogP contribution in [-0.4, -0.2) is 19.3 Å². The number of hydrogen-bond donors (Lipinski definition) is 1. The number of methoxy groups -OCH3 is 2. The first kappa shape index (κ1) is 15.0. The molecule has 3 nitrogen and oxygen atoms in total. The van der Waals surface area contributed by atoms with Crippen LogP contribution in [0.4, 0.5) is 0 Å². The van der Waals surface area contributed by atoms with Crippen LogP contribution in [0.15, 0.2) is 66.7 Å². The van der Waals surface area contributed by atoms with Gasteiger partial charge in [-0.2, -0.15) is 0 Å². The molecule has 0 heterocycles. The van der Waals surface area contributed by atoms with Gasteiger partial charge in [0.05, 0.1) is 19.8 Å². The van der Waals surface area contributed by atoms with Crippen molar-refractivity contribution in [3.63, 3.8) is 0 Å². The zero-order chi connectivity index (χ0) is 16.2. The summed E-state index contributed by atoms with van der Waals surface area (Å²) in [5, 5.41) is 10.8. The number of aromatic hydroxyl groups is 1. The van der Waals surface area contributed by atoms with Crippen molar-refractivity contribution in [2.24, 2.45) is 0 Å². The standard InChI is InChI=1S/C20H18O3/c1-22-17-13-16(14-9-5-3-6-10-14)20(23-2)19(21)18(17)15-11-7-4-8-12-15/h3-13,21H,1-2H3. The first-order chi connectivity index (χ1) is 11.3. The van der Waals surface area contributed by atoms with E-state index in [9.17, 15) is 5.11 Å². The highest BCUT2D eigenvalue weighted by atomic mass is 16.5. The average Bonchev–Trinajstić information content (AvgIpc) is 2.62. The summed E-state index contributed by atoms with van der Waals surface area (Å²) in [7, 11) is 3.16. The van der Waals surface area contributed by atoms with Crippen LogP contribution in [0.1, 0.15) is 0 Å². The van der Waals surface area contributed by atoms with E-state index in [0.717, 1.165) is 16.7 Å². The van der Waals surface area contributed by atoms with E-state index in [1.165, 1.54) is 0 Å². The van der Waals surface area contributed by atoms with Crippen molar-refractivity contribution in [3.8, 4) is 39.5 Å². The largest absolute Gasteiger partial charge is 0.504 e. The SMILES string of the molecule is COc1cc(-c2ccccc2)c(OC)c(O)c1-c1ccccc1. The second kappa shape index (κ2) is 6.44. The first-order valence-electron chi connectivity index (χ1n) is 7.35. The molecule has 0 aliphatic carbocycles. The van der Waals surface area contributed by atoms with Crippen molar-refractivity contribution < 1.29 is 14.6 Å². The van der Waals surface area contributed by atoms with E-state index in [1.54, 1.807) is 14.2 Å². The number of ether oxygens (including phenoxy) is 2. The molecule has 0 amide bonds. The van der Waals surface area contributed by atoms with Gasteiger partial charge in [-0.3, -0.25) is 0 Å². The van der Waals surface area contributed by atoms with E-state index in [0.29, 0.717) is 17.1 Å². The zero-order valence-electron chi connectivity index (χ0n) is 13.1. The molecule has 3 aromatic rings. The van der Waals surface area contributed by atoms with Gasteiger partial charge < -0.3 is 14.6 Å². The van der Waals surface area contributed by atoms with Crippen LogP contribution in [0.5, 0.6) is 17.2 Å². The highest BCUT2D eigenvalue weighted by Gasteiger charge is 2.21. The minimum absolute atomic E-state index is 0.0805. The third kappa shape index (κ3) is 2.73. The minimum atomic E-state index is 0.0805. The third-order valence-electron chi connectivity index (χ3n) is 3.79. The van der Waals surface area contributed by atoms with Crippen LogP contribution in [-0.2, 0) is 0 Å². The smallest absolute Gasteiger partial charge is 0.170 e. The maximum absolute atomic E-state index is 10.8. The molecule has 0 spiro atoms. The van der Waals surface area contributed by atoms with Gasteiger partial charge in [-0.15, -0.1) is 0 Å². The Bertz CT molecular complexity index is 796. The lowest BCUT2D eigenvalue weighted by Gasteiger charge is -2.17. The molecule has 0 atom stereocenters. The second-order valence-electron chi connectivity index (χ2n) is 5.12. The maximum atomic E-state index is 10.8. The summed E-state index contributed by atoms with van der Waals surface area (Å²) in [5.74, 6) is 1.13. The fourth-order valence-electron chi connectivity index (χ4n) is 2.71. The van der Waals surface area contributed by atoms with Crippen LogP contribution in [0, 0.1) is 0 Å². The van der Waals surface area contributed by atoms with Crippen LogP contribution in [0.25, 0.3) is 22.3 Å². The monoisotopic (exact) mass is 306 g/mol. The number of benzene rings is 3. The molecule has 0 fully saturated rings. The van der Waals surface area contributed by atoms with Crippen LogP contribution in [0.3, 0.4) is 0 Å². The van der Waals surface area contributed by atoms with Gasteiger partial charge in [-0.05, 0) is 17.2 Å². The van der Waals surface area contributed by atoms with E-state index in [-0.39, 0.29) is 5.75 Å². The summed E-state index contributed by atoms with van der Waals surface area (Å²) in [6, 6.07) is 21.3. The molecule has 3 rings (SSSR count). The molecule has 0 aromatic heterocycles. The molecule has 0 saturated carbocycles. The molecule has 3 aromatic carbocycles. The summed E-state index contributed by atoms with van der Waals surface area (Å²) in [4.78, 5) is 0. The number of hydrogen-bond acceptors (Lipinski definition) is 3. The van der Waals surface area contributed by atoms with Crippen molar-refractivity contribution in [1.82, 2.24) is 0 Å². The van der Waals surface area contributed by atoms with Gasteiger partial charge in [0.1, 0.15) is 5.75 Å². The Morgan fingerprint density at radius 2 is 1.30 bits per heavy atom. The summed E-state index contributed by atoms with van der Waals surface area (Å²) in [5.41, 5.74) is 3.25.